The van der Waals surface area contributed by atoms with E-state index in [4.69, 9.17) is 4.74 Å². The van der Waals surface area contributed by atoms with E-state index in [1.807, 2.05) is 0 Å². The third kappa shape index (κ3) is 4.41. The van der Waals surface area contributed by atoms with Crippen molar-refractivity contribution in [2.75, 3.05) is 26.2 Å². The van der Waals surface area contributed by atoms with Crippen LogP contribution in [0.4, 0.5) is 0 Å². The van der Waals surface area contributed by atoms with Gasteiger partial charge in [-0.1, -0.05) is 26.2 Å². The van der Waals surface area contributed by atoms with Gasteiger partial charge in [-0.3, -0.25) is 4.79 Å². The molecule has 2 aliphatic rings. The van der Waals surface area contributed by atoms with Crippen molar-refractivity contribution in [2.45, 2.75) is 38.7 Å². The van der Waals surface area contributed by atoms with Crippen LogP contribution in [-0.4, -0.2) is 38.3 Å². The van der Waals surface area contributed by atoms with Crippen molar-refractivity contribution >= 4 is 18.3 Å². The third-order valence-corrected chi connectivity index (χ3v) is 4.05. The Morgan fingerprint density at radius 3 is 2.83 bits per heavy atom. The monoisotopic (exact) mass is 276 g/mol. The van der Waals surface area contributed by atoms with Crippen LogP contribution in [0, 0.1) is 11.8 Å². The van der Waals surface area contributed by atoms with Crippen LogP contribution in [0.1, 0.15) is 32.6 Å². The summed E-state index contributed by atoms with van der Waals surface area (Å²) in [4.78, 5) is 11.9. The molecule has 1 aliphatic carbocycles. The summed E-state index contributed by atoms with van der Waals surface area (Å²) in [7, 11) is 0. The first-order chi connectivity index (χ1) is 8.27. The molecule has 1 amide bonds. The third-order valence-electron chi connectivity index (χ3n) is 4.05. The van der Waals surface area contributed by atoms with Gasteiger partial charge >= 0.3 is 0 Å². The molecule has 106 valence electrons. The normalized spacial score (nSPS) is 32.4. The molecule has 0 aromatic rings. The van der Waals surface area contributed by atoms with Crippen LogP contribution in [0.15, 0.2) is 0 Å². The maximum Gasteiger partial charge on any atom is 0.250 e. The lowest BCUT2D eigenvalue weighted by Gasteiger charge is -2.30. The van der Waals surface area contributed by atoms with Gasteiger partial charge in [-0.25, -0.2) is 0 Å². The summed E-state index contributed by atoms with van der Waals surface area (Å²) in [6.45, 7) is 5.25. The lowest BCUT2D eigenvalue weighted by atomic mass is 9.80. The summed E-state index contributed by atoms with van der Waals surface area (Å²) in [5, 5.41) is 6.23. The topological polar surface area (TPSA) is 50.4 Å². The summed E-state index contributed by atoms with van der Waals surface area (Å²) >= 11 is 0. The van der Waals surface area contributed by atoms with E-state index in [1.54, 1.807) is 0 Å². The number of halogens is 1. The largest absolute Gasteiger partial charge is 0.366 e. The minimum atomic E-state index is -0.289. The van der Waals surface area contributed by atoms with Crippen LogP contribution in [-0.2, 0) is 9.53 Å². The van der Waals surface area contributed by atoms with E-state index in [0.717, 1.165) is 19.0 Å². The highest BCUT2D eigenvalue weighted by molar-refractivity contribution is 5.85. The molecule has 3 unspecified atom stereocenters. The Morgan fingerprint density at radius 1 is 1.39 bits per heavy atom. The smallest absolute Gasteiger partial charge is 0.250 e. The number of carbonyl (C=O) groups is 1. The van der Waals surface area contributed by atoms with E-state index >= 15 is 0 Å². The fraction of sp³-hybridized carbons (Fsp3) is 0.923. The highest BCUT2D eigenvalue weighted by Crippen LogP contribution is 2.28. The van der Waals surface area contributed by atoms with Gasteiger partial charge in [0.15, 0.2) is 0 Å². The van der Waals surface area contributed by atoms with Crippen molar-refractivity contribution < 1.29 is 9.53 Å². The van der Waals surface area contributed by atoms with E-state index in [9.17, 15) is 4.79 Å². The summed E-state index contributed by atoms with van der Waals surface area (Å²) in [5.74, 6) is 1.45. The van der Waals surface area contributed by atoms with Crippen molar-refractivity contribution in [3.63, 3.8) is 0 Å². The number of carbonyl (C=O) groups excluding carboxylic acids is 1. The Hall–Kier alpha value is -0.320. The van der Waals surface area contributed by atoms with Crippen molar-refractivity contribution in [3.05, 3.63) is 0 Å². The Bertz CT molecular complexity index is 257. The fourth-order valence-corrected chi connectivity index (χ4v) is 2.78. The van der Waals surface area contributed by atoms with Gasteiger partial charge in [0, 0.05) is 19.6 Å². The number of amides is 1. The summed E-state index contributed by atoms with van der Waals surface area (Å²) in [6, 6.07) is 0. The molecular weight excluding hydrogens is 252 g/mol. The second-order valence-electron chi connectivity index (χ2n) is 5.33. The maximum absolute atomic E-state index is 11.9. The molecule has 4 nitrogen and oxygen atoms in total. The highest BCUT2D eigenvalue weighted by Gasteiger charge is 2.25. The van der Waals surface area contributed by atoms with E-state index in [1.165, 1.54) is 25.7 Å². The molecule has 2 fully saturated rings. The van der Waals surface area contributed by atoms with E-state index in [0.29, 0.717) is 19.1 Å². The predicted molar refractivity (Wildman–Crippen MR) is 74.0 cm³/mol. The zero-order valence-electron chi connectivity index (χ0n) is 11.1. The molecule has 0 bridgehead atoms. The first-order valence-corrected chi connectivity index (χ1v) is 6.87. The minimum absolute atomic E-state index is 0. The molecule has 0 radical (unpaired) electrons. The number of ether oxygens (including phenoxy) is 1. The molecule has 5 heteroatoms. The number of morpholine rings is 1. The van der Waals surface area contributed by atoms with Gasteiger partial charge in [-0.2, -0.15) is 0 Å². The molecule has 2 rings (SSSR count). The summed E-state index contributed by atoms with van der Waals surface area (Å²) < 4.78 is 5.43. The van der Waals surface area contributed by atoms with Crippen molar-refractivity contribution in [1.82, 2.24) is 10.6 Å². The van der Waals surface area contributed by atoms with Gasteiger partial charge < -0.3 is 15.4 Å². The number of rotatable bonds is 3. The number of hydrogen-bond donors (Lipinski definition) is 2. The average molecular weight is 277 g/mol. The molecule has 1 aliphatic heterocycles. The van der Waals surface area contributed by atoms with Gasteiger partial charge in [0.05, 0.1) is 6.61 Å². The average Bonchev–Trinajstić information content (AvgIpc) is 2.38. The second-order valence-corrected chi connectivity index (χ2v) is 5.33. The van der Waals surface area contributed by atoms with Gasteiger partial charge in [0.2, 0.25) is 5.91 Å². The quantitative estimate of drug-likeness (QED) is 0.818. The second kappa shape index (κ2) is 7.97. The fourth-order valence-electron chi connectivity index (χ4n) is 2.78. The van der Waals surface area contributed by atoms with E-state index in [2.05, 4.69) is 17.6 Å². The zero-order valence-corrected chi connectivity index (χ0v) is 11.9. The van der Waals surface area contributed by atoms with Crippen molar-refractivity contribution in [1.29, 1.82) is 0 Å². The molecule has 1 saturated carbocycles. The first kappa shape index (κ1) is 15.7. The zero-order chi connectivity index (χ0) is 12.1. The van der Waals surface area contributed by atoms with Crippen LogP contribution in [0.3, 0.4) is 0 Å². The van der Waals surface area contributed by atoms with Gasteiger partial charge in [0.1, 0.15) is 6.10 Å². The summed E-state index contributed by atoms with van der Waals surface area (Å²) in [5.41, 5.74) is 0. The van der Waals surface area contributed by atoms with Crippen LogP contribution < -0.4 is 10.6 Å². The molecule has 0 aromatic heterocycles. The number of nitrogens with one attached hydrogen (secondary N) is 2. The standard InChI is InChI=1S/C13H24N2O2.ClH/c1-10-4-2-3-5-11(10)8-15-13(16)12-9-14-6-7-17-12;/h10-12,14H,2-9H2,1H3,(H,15,16);1H. The SMILES string of the molecule is CC1CCCCC1CNC(=O)C1CNCCO1.Cl. The lowest BCUT2D eigenvalue weighted by Crippen LogP contribution is -2.49. The molecule has 2 N–H and O–H groups in total. The highest BCUT2D eigenvalue weighted by atomic mass is 35.5. The van der Waals surface area contributed by atoms with Crippen LogP contribution >= 0.6 is 12.4 Å². The van der Waals surface area contributed by atoms with Crippen molar-refractivity contribution in [2.24, 2.45) is 11.8 Å². The Balaban J connectivity index is 0.00000162. The van der Waals surface area contributed by atoms with E-state index < -0.39 is 0 Å². The number of hydrogen-bond acceptors (Lipinski definition) is 3. The van der Waals surface area contributed by atoms with Gasteiger partial charge in [-0.05, 0) is 18.3 Å². The molecule has 0 spiro atoms. The minimum Gasteiger partial charge on any atom is -0.366 e. The van der Waals surface area contributed by atoms with Crippen LogP contribution in [0.5, 0.6) is 0 Å². The van der Waals surface area contributed by atoms with Crippen LogP contribution in [0.25, 0.3) is 0 Å². The molecule has 1 saturated heterocycles. The Morgan fingerprint density at radius 2 is 2.17 bits per heavy atom. The summed E-state index contributed by atoms with van der Waals surface area (Å²) in [6.07, 6.45) is 4.93. The first-order valence-electron chi connectivity index (χ1n) is 6.87. The van der Waals surface area contributed by atoms with Crippen molar-refractivity contribution in [3.8, 4) is 0 Å². The molecule has 0 aromatic carbocycles. The molecule has 3 atom stereocenters. The molecule has 18 heavy (non-hydrogen) atoms. The lowest BCUT2D eigenvalue weighted by molar-refractivity contribution is -0.134. The van der Waals surface area contributed by atoms with Gasteiger partial charge in [-0.15, -0.1) is 12.4 Å². The molecule has 1 heterocycles. The maximum atomic E-state index is 11.9. The molecular formula is C13H25ClN2O2. The van der Waals surface area contributed by atoms with Gasteiger partial charge in [0.25, 0.3) is 0 Å². The predicted octanol–water partition coefficient (Wildman–Crippen LogP) is 1.34. The van der Waals surface area contributed by atoms with E-state index in [-0.39, 0.29) is 24.4 Å². The Labute approximate surface area is 116 Å². The van der Waals surface area contributed by atoms with Crippen LogP contribution in [0.2, 0.25) is 0 Å². The Kier molecular flexibility index (Phi) is 6.97.